The molecule has 11 heavy (non-hydrogen) atoms. The molecule has 0 aliphatic heterocycles. The topological polar surface area (TPSA) is 49.9 Å². The summed E-state index contributed by atoms with van der Waals surface area (Å²) < 4.78 is 0.836. The van der Waals surface area contributed by atoms with E-state index in [1.165, 1.54) is 0 Å². The van der Waals surface area contributed by atoms with Crippen LogP contribution in [0, 0.1) is 5.41 Å². The maximum absolute atomic E-state index is 7.04. The lowest BCUT2D eigenvalue weighted by Crippen LogP contribution is -2.09. The van der Waals surface area contributed by atoms with E-state index < -0.39 is 0 Å². The fraction of sp³-hybridized carbons (Fsp3) is 0.125. The van der Waals surface area contributed by atoms with Crippen molar-refractivity contribution in [2.24, 2.45) is 5.73 Å². The number of allylic oxidation sites excluding steroid dienone is 3. The summed E-state index contributed by atoms with van der Waals surface area (Å²) >= 11 is 3.27. The number of hydrogen-bond acceptors (Lipinski definition) is 1. The Morgan fingerprint density at radius 2 is 2.00 bits per heavy atom. The predicted octanol–water partition coefficient (Wildman–Crippen LogP) is 2.33. The van der Waals surface area contributed by atoms with Crippen molar-refractivity contribution < 1.29 is 0 Å². The average Bonchev–Trinajstić information content (AvgIpc) is 1.98. The molecule has 0 spiro atoms. The van der Waals surface area contributed by atoms with Crippen LogP contribution in [0.15, 0.2) is 35.4 Å². The lowest BCUT2D eigenvalue weighted by atomic mass is 10.1. The average molecular weight is 215 g/mol. The van der Waals surface area contributed by atoms with Crippen LogP contribution in [-0.4, -0.2) is 5.84 Å². The summed E-state index contributed by atoms with van der Waals surface area (Å²) in [6.45, 7) is 7.17. The molecule has 0 radical (unpaired) electrons. The minimum absolute atomic E-state index is 0.124. The summed E-state index contributed by atoms with van der Waals surface area (Å²) in [4.78, 5) is 0. The monoisotopic (exact) mass is 214 g/mol. The molecule has 2 nitrogen and oxygen atoms in total. The van der Waals surface area contributed by atoms with Gasteiger partial charge in [0.05, 0.1) is 5.84 Å². The molecule has 3 N–H and O–H groups in total. The van der Waals surface area contributed by atoms with Crippen molar-refractivity contribution in [3.05, 3.63) is 35.4 Å². The van der Waals surface area contributed by atoms with Gasteiger partial charge in [-0.1, -0.05) is 41.2 Å². The van der Waals surface area contributed by atoms with Crippen molar-refractivity contribution in [2.45, 2.75) is 6.42 Å². The molecule has 0 saturated carbocycles. The van der Waals surface area contributed by atoms with Gasteiger partial charge in [0.1, 0.15) is 0 Å². The van der Waals surface area contributed by atoms with Gasteiger partial charge in [-0.3, -0.25) is 5.41 Å². The molecule has 0 bridgehead atoms. The Bertz CT molecular complexity index is 216. The molecule has 0 aliphatic carbocycles. The zero-order valence-corrected chi connectivity index (χ0v) is 7.82. The highest BCUT2D eigenvalue weighted by atomic mass is 79.9. The van der Waals surface area contributed by atoms with Crippen LogP contribution in [0.3, 0.4) is 0 Å². The van der Waals surface area contributed by atoms with Crippen LogP contribution < -0.4 is 5.73 Å². The molecule has 0 aromatic carbocycles. The molecular formula is C8H11BrN2. The van der Waals surface area contributed by atoms with Gasteiger partial charge >= 0.3 is 0 Å². The summed E-state index contributed by atoms with van der Waals surface area (Å²) in [5.41, 5.74) is 6.09. The number of nitrogens with two attached hydrogens (primary N) is 1. The third kappa shape index (κ3) is 3.78. The first-order valence-corrected chi connectivity index (χ1v) is 3.87. The predicted molar refractivity (Wildman–Crippen MR) is 52.9 cm³/mol. The Morgan fingerprint density at radius 3 is 2.27 bits per heavy atom. The molecule has 0 aliphatic rings. The number of rotatable bonds is 4. The molecule has 0 atom stereocenters. The van der Waals surface area contributed by atoms with Gasteiger partial charge in [0.15, 0.2) is 0 Å². The minimum atomic E-state index is 0.124. The zero-order valence-electron chi connectivity index (χ0n) is 6.23. The van der Waals surface area contributed by atoms with Crippen LogP contribution in [0.5, 0.6) is 0 Å². The van der Waals surface area contributed by atoms with Crippen LogP contribution in [0.2, 0.25) is 0 Å². The zero-order chi connectivity index (χ0) is 8.85. The van der Waals surface area contributed by atoms with Gasteiger partial charge in [-0.05, 0) is 5.57 Å². The van der Waals surface area contributed by atoms with Crippen molar-refractivity contribution in [1.29, 1.82) is 5.41 Å². The number of hydrogen-bond donors (Lipinski definition) is 2. The Balaban J connectivity index is 4.51. The molecule has 0 rings (SSSR count). The van der Waals surface area contributed by atoms with Crippen LogP contribution in [0.1, 0.15) is 6.42 Å². The van der Waals surface area contributed by atoms with Gasteiger partial charge in [0, 0.05) is 10.9 Å². The van der Waals surface area contributed by atoms with E-state index in [4.69, 9.17) is 11.1 Å². The van der Waals surface area contributed by atoms with Gasteiger partial charge in [-0.25, -0.2) is 0 Å². The Labute approximate surface area is 75.1 Å². The molecule has 0 aromatic rings. The summed E-state index contributed by atoms with van der Waals surface area (Å²) in [5.74, 6) is 0.124. The SMILES string of the molecule is C=C/C(Br)=C(\C=C)CC(=N)N. The highest BCUT2D eigenvalue weighted by Gasteiger charge is 1.98. The number of halogens is 1. The molecule has 0 unspecified atom stereocenters. The first-order valence-electron chi connectivity index (χ1n) is 3.08. The fourth-order valence-corrected chi connectivity index (χ4v) is 0.892. The third-order valence-corrected chi connectivity index (χ3v) is 1.95. The van der Waals surface area contributed by atoms with Gasteiger partial charge < -0.3 is 5.73 Å². The van der Waals surface area contributed by atoms with Crippen molar-refractivity contribution in [3.8, 4) is 0 Å². The minimum Gasteiger partial charge on any atom is -0.387 e. The first-order chi connectivity index (χ1) is 5.11. The van der Waals surface area contributed by atoms with E-state index in [1.54, 1.807) is 12.2 Å². The summed E-state index contributed by atoms with van der Waals surface area (Å²) in [6.07, 6.45) is 3.73. The molecular weight excluding hydrogens is 204 g/mol. The van der Waals surface area contributed by atoms with Crippen LogP contribution >= 0.6 is 15.9 Å². The van der Waals surface area contributed by atoms with Gasteiger partial charge in [-0.15, -0.1) is 0 Å². The van der Waals surface area contributed by atoms with Crippen molar-refractivity contribution >= 4 is 21.8 Å². The Morgan fingerprint density at radius 1 is 1.45 bits per heavy atom. The second-order valence-corrected chi connectivity index (χ2v) is 2.84. The van der Waals surface area contributed by atoms with Gasteiger partial charge in [0.25, 0.3) is 0 Å². The summed E-state index contributed by atoms with van der Waals surface area (Å²) in [5, 5.41) is 7.04. The molecule has 0 amide bonds. The number of amidine groups is 1. The maximum Gasteiger partial charge on any atom is 0.0950 e. The summed E-state index contributed by atoms with van der Waals surface area (Å²) in [7, 11) is 0. The molecule has 0 fully saturated rings. The smallest absolute Gasteiger partial charge is 0.0950 e. The highest BCUT2D eigenvalue weighted by molar-refractivity contribution is 9.11. The van der Waals surface area contributed by atoms with E-state index in [-0.39, 0.29) is 5.84 Å². The standard InChI is InChI=1S/C8H11BrN2/c1-3-6(5-8(10)11)7(9)4-2/h3-4H,1-2,5H2,(H3,10,11)/b7-6-. The third-order valence-electron chi connectivity index (χ3n) is 1.11. The van der Waals surface area contributed by atoms with E-state index in [0.717, 1.165) is 10.1 Å². The fourth-order valence-electron chi connectivity index (χ4n) is 0.590. The molecule has 0 aromatic heterocycles. The van der Waals surface area contributed by atoms with Crippen molar-refractivity contribution in [1.82, 2.24) is 0 Å². The van der Waals surface area contributed by atoms with E-state index in [1.807, 2.05) is 0 Å². The van der Waals surface area contributed by atoms with E-state index in [9.17, 15) is 0 Å². The van der Waals surface area contributed by atoms with Crippen molar-refractivity contribution in [2.75, 3.05) is 0 Å². The second-order valence-electron chi connectivity index (χ2n) is 1.98. The molecule has 0 heterocycles. The Kier molecular flexibility index (Phi) is 4.54. The van der Waals surface area contributed by atoms with E-state index >= 15 is 0 Å². The highest BCUT2D eigenvalue weighted by Crippen LogP contribution is 2.16. The first kappa shape index (κ1) is 10.2. The van der Waals surface area contributed by atoms with Crippen molar-refractivity contribution in [3.63, 3.8) is 0 Å². The normalized spacial score (nSPS) is 11.7. The van der Waals surface area contributed by atoms with Crippen LogP contribution in [0.4, 0.5) is 0 Å². The van der Waals surface area contributed by atoms with Crippen LogP contribution in [0.25, 0.3) is 0 Å². The van der Waals surface area contributed by atoms with E-state index in [2.05, 4.69) is 29.1 Å². The molecule has 60 valence electrons. The maximum atomic E-state index is 7.04. The lowest BCUT2D eigenvalue weighted by Gasteiger charge is -2.00. The molecule has 3 heteroatoms. The Hall–Kier alpha value is -0.830. The van der Waals surface area contributed by atoms with E-state index in [0.29, 0.717) is 6.42 Å². The number of nitrogens with one attached hydrogen (secondary N) is 1. The second kappa shape index (κ2) is 4.91. The lowest BCUT2D eigenvalue weighted by molar-refractivity contribution is 1.26. The molecule has 0 saturated heterocycles. The van der Waals surface area contributed by atoms with Crippen LogP contribution in [-0.2, 0) is 0 Å². The summed E-state index contributed by atoms with van der Waals surface area (Å²) in [6, 6.07) is 0. The largest absolute Gasteiger partial charge is 0.387 e. The quantitative estimate of drug-likeness (QED) is 0.422. The van der Waals surface area contributed by atoms with Gasteiger partial charge in [-0.2, -0.15) is 0 Å². The van der Waals surface area contributed by atoms with Gasteiger partial charge in [0.2, 0.25) is 0 Å².